The minimum Gasteiger partial charge on any atom is -0.478 e. The normalized spacial score (nSPS) is 13.5. The monoisotopic (exact) mass is 632 g/mol. The number of carboxylic acids is 1. The molecule has 9 nitrogen and oxygen atoms in total. The summed E-state index contributed by atoms with van der Waals surface area (Å²) in [6.45, 7) is 3.78. The van der Waals surface area contributed by atoms with E-state index in [0.29, 0.717) is 36.9 Å². The van der Waals surface area contributed by atoms with Gasteiger partial charge >= 0.3 is 12.1 Å². The number of aromatic nitrogens is 3. The van der Waals surface area contributed by atoms with Crippen LogP contribution in [0.1, 0.15) is 55.0 Å². The van der Waals surface area contributed by atoms with E-state index in [1.807, 2.05) is 47.4 Å². The van der Waals surface area contributed by atoms with E-state index in [1.165, 1.54) is 26.0 Å². The van der Waals surface area contributed by atoms with Crippen molar-refractivity contribution < 1.29 is 36.9 Å². The SMILES string of the molecule is CC(C)(Oc1ccc(CCN(Cc2ccc(-c3cc(C4CC4)no3)cc2)c2noc(-c3cccc(C(F)(F)F)c3)n2)cc1)C(=O)O. The van der Waals surface area contributed by atoms with Gasteiger partial charge in [0, 0.05) is 36.2 Å². The fourth-order valence-corrected chi connectivity index (χ4v) is 4.86. The first-order chi connectivity index (χ1) is 21.9. The predicted octanol–water partition coefficient (Wildman–Crippen LogP) is 7.78. The topological polar surface area (TPSA) is 115 Å². The molecule has 2 heterocycles. The number of hydrogen-bond donors (Lipinski definition) is 1. The summed E-state index contributed by atoms with van der Waals surface area (Å²) >= 11 is 0. The fraction of sp³-hybridized carbons (Fsp3) is 0.294. The predicted molar refractivity (Wildman–Crippen MR) is 162 cm³/mol. The van der Waals surface area contributed by atoms with Gasteiger partial charge in [-0.3, -0.25) is 0 Å². The Morgan fingerprint density at radius 2 is 1.65 bits per heavy atom. The molecule has 0 atom stereocenters. The van der Waals surface area contributed by atoms with Crippen LogP contribution in [0.3, 0.4) is 0 Å². The number of ether oxygens (including phenoxy) is 1. The van der Waals surface area contributed by atoms with Gasteiger partial charge in [0.15, 0.2) is 11.4 Å². The molecule has 1 saturated carbocycles. The smallest absolute Gasteiger partial charge is 0.416 e. The van der Waals surface area contributed by atoms with E-state index >= 15 is 0 Å². The lowest BCUT2D eigenvalue weighted by molar-refractivity contribution is -0.152. The van der Waals surface area contributed by atoms with E-state index in [0.717, 1.165) is 47.4 Å². The number of carbonyl (C=O) groups is 1. The number of alkyl halides is 3. The van der Waals surface area contributed by atoms with Crippen LogP contribution < -0.4 is 9.64 Å². The number of halogens is 3. The summed E-state index contributed by atoms with van der Waals surface area (Å²) in [6.07, 6.45) is -1.69. The number of carboxylic acid groups (broad SMARTS) is 1. The first-order valence-electron chi connectivity index (χ1n) is 14.8. The molecule has 3 aromatic carbocycles. The molecule has 1 aliphatic carbocycles. The van der Waals surface area contributed by atoms with Gasteiger partial charge in [-0.25, -0.2) is 4.79 Å². The van der Waals surface area contributed by atoms with E-state index in [2.05, 4.69) is 15.3 Å². The summed E-state index contributed by atoms with van der Waals surface area (Å²) in [4.78, 5) is 17.8. The lowest BCUT2D eigenvalue weighted by Gasteiger charge is -2.22. The van der Waals surface area contributed by atoms with Crippen LogP contribution in [0.4, 0.5) is 19.1 Å². The molecule has 1 fully saturated rings. The highest BCUT2D eigenvalue weighted by atomic mass is 19.4. The average Bonchev–Trinajstić information content (AvgIpc) is 3.54. The van der Waals surface area contributed by atoms with Gasteiger partial charge in [0.25, 0.3) is 11.8 Å². The standard InChI is InChI=1S/C34H31F3N4O5/c1-33(2,31(42)43)44-27-14-8-21(9-15-27)16-17-41(32-38-30(46-40-32)25-4-3-5-26(18-25)34(35,36)37)20-22-6-10-24(11-7-22)29-19-28(39-45-29)23-12-13-23/h3-11,14-15,18-19,23H,12-13,16-17,20H2,1-2H3,(H,42,43). The number of rotatable bonds is 12. The van der Waals surface area contributed by atoms with Gasteiger partial charge in [0.2, 0.25) is 0 Å². The van der Waals surface area contributed by atoms with E-state index < -0.39 is 23.3 Å². The van der Waals surface area contributed by atoms with Crippen LogP contribution in [0, 0.1) is 0 Å². The van der Waals surface area contributed by atoms with Crippen molar-refractivity contribution in [2.24, 2.45) is 0 Å². The van der Waals surface area contributed by atoms with Crippen LogP contribution in [-0.2, 0) is 23.9 Å². The van der Waals surface area contributed by atoms with Gasteiger partial charge in [0.05, 0.1) is 11.3 Å². The molecule has 1 aliphatic rings. The van der Waals surface area contributed by atoms with Gasteiger partial charge in [-0.15, -0.1) is 0 Å². The Morgan fingerprint density at radius 1 is 0.935 bits per heavy atom. The molecule has 0 aliphatic heterocycles. The first-order valence-corrected chi connectivity index (χ1v) is 14.8. The van der Waals surface area contributed by atoms with Crippen LogP contribution in [0.5, 0.6) is 5.75 Å². The molecule has 6 rings (SSSR count). The van der Waals surface area contributed by atoms with Gasteiger partial charge in [0.1, 0.15) is 5.75 Å². The Morgan fingerprint density at radius 3 is 2.33 bits per heavy atom. The molecular formula is C34H31F3N4O5. The van der Waals surface area contributed by atoms with Crippen molar-refractivity contribution >= 4 is 11.9 Å². The molecule has 46 heavy (non-hydrogen) atoms. The molecule has 0 radical (unpaired) electrons. The van der Waals surface area contributed by atoms with Crippen molar-refractivity contribution in [3.8, 4) is 28.5 Å². The zero-order chi connectivity index (χ0) is 32.5. The van der Waals surface area contributed by atoms with Crippen molar-refractivity contribution in [3.63, 3.8) is 0 Å². The molecule has 12 heteroatoms. The number of nitrogens with zero attached hydrogens (tertiary/aromatic N) is 4. The third-order valence-corrected chi connectivity index (χ3v) is 7.75. The first kappa shape index (κ1) is 30.9. The summed E-state index contributed by atoms with van der Waals surface area (Å²) in [6, 6.07) is 21.7. The van der Waals surface area contributed by atoms with Gasteiger partial charge < -0.3 is 23.8 Å². The average molecular weight is 633 g/mol. The van der Waals surface area contributed by atoms with Crippen molar-refractivity contribution in [2.75, 3.05) is 11.4 Å². The summed E-state index contributed by atoms with van der Waals surface area (Å²) in [5, 5.41) is 17.6. The van der Waals surface area contributed by atoms with Crippen molar-refractivity contribution in [1.82, 2.24) is 15.3 Å². The van der Waals surface area contributed by atoms with Gasteiger partial charge in [-0.05, 0) is 79.7 Å². The molecule has 1 N–H and O–H groups in total. The molecule has 5 aromatic rings. The van der Waals surface area contributed by atoms with Crippen molar-refractivity contribution in [3.05, 3.63) is 101 Å². The fourth-order valence-electron chi connectivity index (χ4n) is 4.86. The quantitative estimate of drug-likeness (QED) is 0.147. The minimum absolute atomic E-state index is 0.0271. The summed E-state index contributed by atoms with van der Waals surface area (Å²) < 4.78 is 56.5. The molecular weight excluding hydrogens is 601 g/mol. The van der Waals surface area contributed by atoms with Crippen LogP contribution >= 0.6 is 0 Å². The second-order valence-corrected chi connectivity index (χ2v) is 11.8. The number of benzene rings is 3. The summed E-state index contributed by atoms with van der Waals surface area (Å²) in [5.41, 5.74) is 1.73. The van der Waals surface area contributed by atoms with Crippen LogP contribution in [0.2, 0.25) is 0 Å². The molecule has 2 aromatic heterocycles. The van der Waals surface area contributed by atoms with Crippen LogP contribution in [-0.4, -0.2) is 38.5 Å². The maximum absolute atomic E-state index is 13.3. The maximum atomic E-state index is 13.3. The Balaban J connectivity index is 1.21. The van der Waals surface area contributed by atoms with E-state index in [9.17, 15) is 23.1 Å². The van der Waals surface area contributed by atoms with E-state index in [-0.39, 0.29) is 17.4 Å². The van der Waals surface area contributed by atoms with E-state index in [1.54, 1.807) is 12.1 Å². The zero-order valence-corrected chi connectivity index (χ0v) is 25.1. The lowest BCUT2D eigenvalue weighted by Crippen LogP contribution is -2.37. The summed E-state index contributed by atoms with van der Waals surface area (Å²) in [7, 11) is 0. The number of hydrogen-bond acceptors (Lipinski definition) is 8. The largest absolute Gasteiger partial charge is 0.478 e. The second-order valence-electron chi connectivity index (χ2n) is 11.8. The zero-order valence-electron chi connectivity index (χ0n) is 25.1. The Bertz CT molecular complexity index is 1810. The van der Waals surface area contributed by atoms with Crippen molar-refractivity contribution in [1.29, 1.82) is 0 Å². The Kier molecular flexibility index (Phi) is 8.28. The van der Waals surface area contributed by atoms with Gasteiger partial charge in [-0.2, -0.15) is 18.2 Å². The summed E-state index contributed by atoms with van der Waals surface area (Å²) in [5.74, 6) is 0.737. The number of aliphatic carboxylic acids is 1. The molecule has 0 saturated heterocycles. The second kappa shape index (κ2) is 12.3. The highest BCUT2D eigenvalue weighted by molar-refractivity contribution is 5.76. The highest BCUT2D eigenvalue weighted by Gasteiger charge is 2.31. The van der Waals surface area contributed by atoms with Crippen molar-refractivity contribution in [2.45, 2.75) is 57.3 Å². The molecule has 238 valence electrons. The lowest BCUT2D eigenvalue weighted by atomic mass is 10.1. The minimum atomic E-state index is -4.51. The molecule has 0 amide bonds. The van der Waals surface area contributed by atoms with Crippen LogP contribution in [0.25, 0.3) is 22.8 Å². The highest BCUT2D eigenvalue weighted by Crippen LogP contribution is 2.40. The number of anilines is 1. The third kappa shape index (κ3) is 7.22. The molecule has 0 unspecified atom stereocenters. The Labute approximate surface area is 262 Å². The molecule has 0 bridgehead atoms. The van der Waals surface area contributed by atoms with Crippen LogP contribution in [0.15, 0.2) is 87.9 Å². The maximum Gasteiger partial charge on any atom is 0.416 e. The third-order valence-electron chi connectivity index (χ3n) is 7.75. The van der Waals surface area contributed by atoms with E-state index in [4.69, 9.17) is 13.8 Å². The van der Waals surface area contributed by atoms with Gasteiger partial charge in [-0.1, -0.05) is 47.6 Å². The molecule has 0 spiro atoms. The Hall–Kier alpha value is -5.13.